The fourth-order valence-electron chi connectivity index (χ4n) is 3.84. The first-order chi connectivity index (χ1) is 9.90. The molecule has 1 aliphatic carbocycles. The number of carbonyl (C=O) groups excluding carboxylic acids is 1. The number of rotatable bonds is 1. The Morgan fingerprint density at radius 2 is 1.81 bits per heavy atom. The lowest BCUT2D eigenvalue weighted by atomic mass is 9.50. The maximum atomic E-state index is 12.2. The van der Waals surface area contributed by atoms with E-state index in [2.05, 4.69) is 50.7 Å². The highest BCUT2D eigenvalue weighted by Gasteiger charge is 2.37. The molecule has 1 aromatic rings. The summed E-state index contributed by atoms with van der Waals surface area (Å²) in [7, 11) is 2.12. The van der Waals surface area contributed by atoms with Crippen molar-refractivity contribution in [3.63, 3.8) is 0 Å². The van der Waals surface area contributed by atoms with Gasteiger partial charge in [-0.05, 0) is 39.7 Å². The van der Waals surface area contributed by atoms with Crippen molar-refractivity contribution in [2.24, 2.45) is 5.92 Å². The van der Waals surface area contributed by atoms with Crippen molar-refractivity contribution in [1.29, 1.82) is 0 Å². The third-order valence-electron chi connectivity index (χ3n) is 4.85. The van der Waals surface area contributed by atoms with Crippen LogP contribution in [0.4, 0.5) is 0 Å². The van der Waals surface area contributed by atoms with Crippen LogP contribution in [0.2, 0.25) is 0 Å². The Bertz CT molecular complexity index is 663. The molecule has 0 bridgehead atoms. The zero-order chi connectivity index (χ0) is 15.3. The van der Waals surface area contributed by atoms with Gasteiger partial charge in [-0.15, -0.1) is 0 Å². The largest absolute Gasteiger partial charge is 0.413 e. The molecule has 1 heterocycles. The van der Waals surface area contributed by atoms with Crippen molar-refractivity contribution in [2.45, 2.75) is 34.1 Å². The average Bonchev–Trinajstić information content (AvgIpc) is 2.68. The Kier molecular flexibility index (Phi) is 3.31. The molecular weight excluding hydrogens is 257 g/mol. The highest BCUT2D eigenvalue weighted by Crippen LogP contribution is 2.34. The quantitative estimate of drug-likeness (QED) is 0.737. The number of benzene rings is 1. The summed E-state index contributed by atoms with van der Waals surface area (Å²) >= 11 is 0. The van der Waals surface area contributed by atoms with Crippen LogP contribution in [0.1, 0.15) is 30.0 Å². The number of nitrogens with zero attached hydrogens (tertiary/aromatic N) is 1. The fourth-order valence-corrected chi connectivity index (χ4v) is 3.84. The van der Waals surface area contributed by atoms with Crippen LogP contribution >= 0.6 is 0 Å². The van der Waals surface area contributed by atoms with E-state index in [1.165, 1.54) is 27.9 Å². The molecule has 0 unspecified atom stereocenters. The van der Waals surface area contributed by atoms with Gasteiger partial charge in [0.15, 0.2) is 5.78 Å². The van der Waals surface area contributed by atoms with Crippen molar-refractivity contribution < 1.29 is 4.79 Å². The van der Waals surface area contributed by atoms with E-state index in [9.17, 15) is 4.79 Å². The molecular formula is C18H22BNO. The van der Waals surface area contributed by atoms with Crippen molar-refractivity contribution in [1.82, 2.24) is 4.81 Å². The van der Waals surface area contributed by atoms with Crippen LogP contribution in [0.5, 0.6) is 0 Å². The minimum atomic E-state index is 0.126. The van der Waals surface area contributed by atoms with Gasteiger partial charge in [-0.3, -0.25) is 4.79 Å². The van der Waals surface area contributed by atoms with Crippen LogP contribution in [0.3, 0.4) is 0 Å². The van der Waals surface area contributed by atoms with Gasteiger partial charge in [0.2, 0.25) is 0 Å². The molecule has 0 spiro atoms. The molecule has 0 N–H and O–H groups in total. The molecule has 1 aromatic carbocycles. The maximum absolute atomic E-state index is 12.2. The summed E-state index contributed by atoms with van der Waals surface area (Å²) in [6.45, 7) is 8.77. The summed E-state index contributed by atoms with van der Waals surface area (Å²) in [6.07, 6.45) is 2.92. The van der Waals surface area contributed by atoms with E-state index in [0.717, 1.165) is 12.0 Å². The van der Waals surface area contributed by atoms with Gasteiger partial charge in [0.05, 0.1) is 0 Å². The van der Waals surface area contributed by atoms with Crippen LogP contribution < -0.4 is 5.46 Å². The van der Waals surface area contributed by atoms with E-state index < -0.39 is 0 Å². The first kappa shape index (κ1) is 14.2. The molecule has 0 saturated heterocycles. The molecule has 0 radical (unpaired) electrons. The zero-order valence-corrected chi connectivity index (χ0v) is 13.5. The summed E-state index contributed by atoms with van der Waals surface area (Å²) in [5.41, 5.74) is 7.47. The predicted molar refractivity (Wildman–Crippen MR) is 88.8 cm³/mol. The van der Waals surface area contributed by atoms with Gasteiger partial charge in [-0.1, -0.05) is 47.8 Å². The Morgan fingerprint density at radius 1 is 1.19 bits per heavy atom. The number of ketones is 1. The van der Waals surface area contributed by atoms with E-state index in [-0.39, 0.29) is 12.8 Å². The molecule has 3 rings (SSSR count). The van der Waals surface area contributed by atoms with Crippen LogP contribution in [0.15, 0.2) is 35.5 Å². The average molecular weight is 279 g/mol. The second kappa shape index (κ2) is 4.90. The van der Waals surface area contributed by atoms with Gasteiger partial charge in [-0.2, -0.15) is 0 Å². The number of hydrogen-bond donors (Lipinski definition) is 0. The molecule has 0 aromatic heterocycles. The number of hydrogen-bond acceptors (Lipinski definition) is 2. The first-order valence-electron chi connectivity index (χ1n) is 7.66. The van der Waals surface area contributed by atoms with Crippen molar-refractivity contribution in [3.05, 3.63) is 52.1 Å². The lowest BCUT2D eigenvalue weighted by molar-refractivity contribution is -0.117. The highest BCUT2D eigenvalue weighted by molar-refractivity contribution is 6.76. The Hall–Kier alpha value is -1.77. The minimum absolute atomic E-state index is 0.126. The summed E-state index contributed by atoms with van der Waals surface area (Å²) in [6, 6.07) is 4.49. The maximum Gasteiger partial charge on any atom is 0.316 e. The molecule has 2 nitrogen and oxygen atoms in total. The van der Waals surface area contributed by atoms with Crippen LogP contribution in [-0.2, 0) is 4.79 Å². The summed E-state index contributed by atoms with van der Waals surface area (Å²) < 4.78 is 0. The van der Waals surface area contributed by atoms with Crippen molar-refractivity contribution in [3.8, 4) is 0 Å². The van der Waals surface area contributed by atoms with E-state index >= 15 is 0 Å². The topological polar surface area (TPSA) is 20.3 Å². The predicted octanol–water partition coefficient (Wildman–Crippen LogP) is 2.71. The van der Waals surface area contributed by atoms with Gasteiger partial charge >= 0.3 is 6.85 Å². The lowest BCUT2D eigenvalue weighted by Gasteiger charge is -2.32. The van der Waals surface area contributed by atoms with Crippen LogP contribution in [-0.4, -0.2) is 24.5 Å². The van der Waals surface area contributed by atoms with Gasteiger partial charge in [-0.25, -0.2) is 0 Å². The third kappa shape index (κ3) is 2.15. The summed E-state index contributed by atoms with van der Waals surface area (Å²) in [5, 5.41) is 0. The zero-order valence-electron chi connectivity index (χ0n) is 13.5. The lowest BCUT2D eigenvalue weighted by Crippen LogP contribution is -2.48. The SMILES string of the molecule is Cc1cc(C)c(B2C=CC3=C(C[C@H](C)C3=O)N2C)c(C)c1. The molecule has 2 aliphatic rings. The standard InChI is InChI=1S/C18H22BNO/c1-11-8-12(2)17(13(3)9-11)19-7-6-15-16(20(19)5)10-14(4)18(15)21/h6-9,14H,10H2,1-5H3/t14-/m0/s1. The smallest absolute Gasteiger partial charge is 0.316 e. The normalized spacial score (nSPS) is 21.4. The number of aryl methyl sites for hydroxylation is 3. The molecule has 1 atom stereocenters. The molecule has 0 amide bonds. The fraction of sp³-hybridized carbons (Fsp3) is 0.389. The van der Waals surface area contributed by atoms with E-state index in [1.807, 2.05) is 13.0 Å². The minimum Gasteiger partial charge on any atom is -0.413 e. The van der Waals surface area contributed by atoms with Gasteiger partial charge in [0, 0.05) is 17.2 Å². The van der Waals surface area contributed by atoms with Gasteiger partial charge < -0.3 is 4.81 Å². The molecule has 1 aliphatic heterocycles. The van der Waals surface area contributed by atoms with E-state index in [0.29, 0.717) is 5.78 Å². The van der Waals surface area contributed by atoms with E-state index in [4.69, 9.17) is 0 Å². The summed E-state index contributed by atoms with van der Waals surface area (Å²) in [5.74, 6) is 2.60. The second-order valence-electron chi connectivity index (χ2n) is 6.56. The molecule has 21 heavy (non-hydrogen) atoms. The van der Waals surface area contributed by atoms with Gasteiger partial charge in [0.1, 0.15) is 0 Å². The number of Topliss-reactive ketones (excluding diaryl/α,β-unsaturated/α-hetero) is 1. The summed E-state index contributed by atoms with van der Waals surface area (Å²) in [4.78, 5) is 14.5. The van der Waals surface area contributed by atoms with Crippen molar-refractivity contribution >= 4 is 18.1 Å². The molecule has 0 saturated carbocycles. The highest BCUT2D eigenvalue weighted by atomic mass is 16.1. The Morgan fingerprint density at radius 3 is 2.43 bits per heavy atom. The number of allylic oxidation sites excluding steroid dienone is 3. The Balaban J connectivity index is 2.03. The molecule has 0 fully saturated rings. The monoisotopic (exact) mass is 279 g/mol. The Labute approximate surface area is 127 Å². The third-order valence-corrected chi connectivity index (χ3v) is 4.85. The molecule has 3 heteroatoms. The molecule has 108 valence electrons. The number of carbonyl (C=O) groups is 1. The van der Waals surface area contributed by atoms with Crippen LogP contribution in [0, 0.1) is 26.7 Å². The van der Waals surface area contributed by atoms with Crippen LogP contribution in [0.25, 0.3) is 0 Å². The van der Waals surface area contributed by atoms with Crippen molar-refractivity contribution in [2.75, 3.05) is 7.05 Å². The van der Waals surface area contributed by atoms with E-state index in [1.54, 1.807) is 0 Å². The second-order valence-corrected chi connectivity index (χ2v) is 6.56. The van der Waals surface area contributed by atoms with Gasteiger partial charge in [0.25, 0.3) is 0 Å². The first-order valence-corrected chi connectivity index (χ1v) is 7.66.